The van der Waals surface area contributed by atoms with Crippen molar-refractivity contribution in [1.82, 2.24) is 9.38 Å². The van der Waals surface area contributed by atoms with E-state index in [0.29, 0.717) is 0 Å². The van der Waals surface area contributed by atoms with Crippen LogP contribution in [0.2, 0.25) is 0 Å². The van der Waals surface area contributed by atoms with Gasteiger partial charge in [-0.2, -0.15) is 0 Å². The molecule has 7 nitrogen and oxygen atoms in total. The Bertz CT molecular complexity index is 1270. The maximum atomic E-state index is 13.5. The number of hydrogen-bond donors (Lipinski definition) is 2. The lowest BCUT2D eigenvalue weighted by molar-refractivity contribution is 0.0691. The van der Waals surface area contributed by atoms with Gasteiger partial charge in [0.1, 0.15) is 5.82 Å². The molecule has 0 aliphatic rings. The first-order valence-electron chi connectivity index (χ1n) is 7.92. The highest BCUT2D eigenvalue weighted by atomic mass is 32.2. The topological polar surface area (TPSA) is 101 Å². The van der Waals surface area contributed by atoms with Gasteiger partial charge in [0.2, 0.25) is 0 Å². The summed E-state index contributed by atoms with van der Waals surface area (Å²) in [5, 5.41) is 10.9. The predicted molar refractivity (Wildman–Crippen MR) is 103 cm³/mol. The maximum Gasteiger partial charge on any atom is 0.338 e. The van der Waals surface area contributed by atoms with Crippen molar-refractivity contribution >= 4 is 38.0 Å². The monoisotopic (exact) mass is 417 g/mol. The summed E-state index contributed by atoms with van der Waals surface area (Å²) in [6.07, 6.45) is 3.77. The predicted octanol–water partition coefficient (Wildman–Crippen LogP) is 3.70. The minimum absolute atomic E-state index is 0.283. The fourth-order valence-electron chi connectivity index (χ4n) is 2.63. The van der Waals surface area contributed by atoms with Crippen molar-refractivity contribution in [2.24, 2.45) is 0 Å². The standard InChI is InChI=1S/C18H12FN3O4S2/c19-15-6-5-13(9-14(15)17(23)24)28(25,26)21-12-3-1-11(2-4-12)16-10-22-7-8-27-18(22)20-16/h1-10,21H,(H,23,24). The number of thiazole rings is 1. The lowest BCUT2D eigenvalue weighted by atomic mass is 10.1. The number of nitrogens with one attached hydrogen (secondary N) is 1. The lowest BCUT2D eigenvalue weighted by Crippen LogP contribution is -2.14. The molecule has 0 aliphatic carbocycles. The molecule has 10 heteroatoms. The number of benzene rings is 2. The molecule has 2 heterocycles. The molecule has 0 amide bonds. The molecule has 4 aromatic rings. The third-order valence-corrected chi connectivity index (χ3v) is 6.15. The summed E-state index contributed by atoms with van der Waals surface area (Å²) >= 11 is 1.51. The maximum absolute atomic E-state index is 13.5. The molecule has 0 bridgehead atoms. The van der Waals surface area contributed by atoms with Gasteiger partial charge in [-0.1, -0.05) is 12.1 Å². The van der Waals surface area contributed by atoms with E-state index in [4.69, 9.17) is 5.11 Å². The molecule has 0 radical (unpaired) electrons. The van der Waals surface area contributed by atoms with E-state index in [9.17, 15) is 17.6 Å². The van der Waals surface area contributed by atoms with Crippen LogP contribution >= 0.6 is 11.3 Å². The van der Waals surface area contributed by atoms with Crippen LogP contribution in [0.1, 0.15) is 10.4 Å². The summed E-state index contributed by atoms with van der Waals surface area (Å²) < 4.78 is 42.7. The number of hydrogen-bond acceptors (Lipinski definition) is 5. The van der Waals surface area contributed by atoms with E-state index in [-0.39, 0.29) is 10.6 Å². The summed E-state index contributed by atoms with van der Waals surface area (Å²) in [5.74, 6) is -2.55. The highest BCUT2D eigenvalue weighted by molar-refractivity contribution is 7.92. The number of imidazole rings is 1. The second-order valence-corrected chi connectivity index (χ2v) is 8.40. The Morgan fingerprint density at radius 2 is 1.93 bits per heavy atom. The van der Waals surface area contributed by atoms with E-state index in [1.807, 2.05) is 22.2 Å². The summed E-state index contributed by atoms with van der Waals surface area (Å²) in [6.45, 7) is 0. The normalized spacial score (nSPS) is 11.6. The van der Waals surface area contributed by atoms with Crippen LogP contribution in [0.4, 0.5) is 10.1 Å². The number of carboxylic acids is 1. The van der Waals surface area contributed by atoms with Gasteiger partial charge in [0.05, 0.1) is 16.2 Å². The van der Waals surface area contributed by atoms with Gasteiger partial charge in [-0.05, 0) is 30.3 Å². The molecule has 0 aliphatic heterocycles. The zero-order chi connectivity index (χ0) is 19.9. The number of aromatic nitrogens is 2. The van der Waals surface area contributed by atoms with Crippen molar-refractivity contribution in [3.8, 4) is 11.3 Å². The van der Waals surface area contributed by atoms with Crippen LogP contribution in [0.3, 0.4) is 0 Å². The molecule has 0 atom stereocenters. The van der Waals surface area contributed by atoms with Gasteiger partial charge in [0.15, 0.2) is 4.96 Å². The summed E-state index contributed by atoms with van der Waals surface area (Å²) in [4.78, 5) is 16.0. The molecule has 4 rings (SSSR count). The van der Waals surface area contributed by atoms with E-state index in [0.717, 1.165) is 34.4 Å². The van der Waals surface area contributed by atoms with Gasteiger partial charge in [-0.3, -0.25) is 9.12 Å². The SMILES string of the molecule is O=C(O)c1cc(S(=O)(=O)Nc2ccc(-c3cn4ccsc4n3)cc2)ccc1F. The quantitative estimate of drug-likeness (QED) is 0.516. The molecule has 28 heavy (non-hydrogen) atoms. The Balaban J connectivity index is 1.59. The first-order chi connectivity index (χ1) is 13.3. The van der Waals surface area contributed by atoms with Crippen LogP contribution in [-0.2, 0) is 10.0 Å². The largest absolute Gasteiger partial charge is 0.478 e. The van der Waals surface area contributed by atoms with Crippen LogP contribution < -0.4 is 4.72 Å². The van der Waals surface area contributed by atoms with E-state index >= 15 is 0 Å². The van der Waals surface area contributed by atoms with Crippen LogP contribution in [-0.4, -0.2) is 28.9 Å². The second kappa shape index (κ2) is 6.73. The van der Waals surface area contributed by atoms with E-state index in [1.165, 1.54) is 11.3 Å². The first kappa shape index (κ1) is 18.1. The van der Waals surface area contributed by atoms with Gasteiger partial charge in [-0.15, -0.1) is 11.3 Å². The molecular weight excluding hydrogens is 405 g/mol. The Labute approximate surface area is 162 Å². The van der Waals surface area contributed by atoms with E-state index < -0.39 is 27.4 Å². The summed E-state index contributed by atoms with van der Waals surface area (Å²) in [7, 11) is -4.07. The number of rotatable bonds is 5. The number of nitrogens with zero attached hydrogens (tertiary/aromatic N) is 2. The van der Waals surface area contributed by atoms with Gasteiger partial charge in [0.25, 0.3) is 10.0 Å². The third-order valence-electron chi connectivity index (χ3n) is 4.00. The minimum atomic E-state index is -4.07. The van der Waals surface area contributed by atoms with Gasteiger partial charge in [-0.25, -0.2) is 22.6 Å². The molecule has 0 unspecified atom stereocenters. The smallest absolute Gasteiger partial charge is 0.338 e. The van der Waals surface area contributed by atoms with Crippen molar-refractivity contribution < 1.29 is 22.7 Å². The molecular formula is C18H12FN3O4S2. The zero-order valence-electron chi connectivity index (χ0n) is 14.0. The molecule has 2 aromatic carbocycles. The highest BCUT2D eigenvalue weighted by Gasteiger charge is 2.19. The van der Waals surface area contributed by atoms with Crippen molar-refractivity contribution in [2.75, 3.05) is 4.72 Å². The van der Waals surface area contributed by atoms with Gasteiger partial charge in [0, 0.05) is 29.0 Å². The average molecular weight is 417 g/mol. The molecule has 2 N–H and O–H groups in total. The average Bonchev–Trinajstić information content (AvgIpc) is 3.24. The number of fused-ring (bicyclic) bond motifs is 1. The molecule has 2 aromatic heterocycles. The number of carbonyl (C=O) groups is 1. The van der Waals surface area contributed by atoms with Crippen LogP contribution in [0.25, 0.3) is 16.2 Å². The molecule has 0 saturated carbocycles. The highest BCUT2D eigenvalue weighted by Crippen LogP contribution is 2.24. The Morgan fingerprint density at radius 1 is 1.18 bits per heavy atom. The number of halogens is 1. The molecule has 0 fully saturated rings. The Kier molecular flexibility index (Phi) is 4.36. The Morgan fingerprint density at radius 3 is 2.61 bits per heavy atom. The number of sulfonamides is 1. The van der Waals surface area contributed by atoms with Crippen molar-refractivity contribution in [2.45, 2.75) is 4.90 Å². The van der Waals surface area contributed by atoms with Crippen LogP contribution in [0.5, 0.6) is 0 Å². The summed E-state index contributed by atoms with van der Waals surface area (Å²) in [6, 6.07) is 9.19. The van der Waals surface area contributed by atoms with Crippen LogP contribution in [0.15, 0.2) is 65.1 Å². The van der Waals surface area contributed by atoms with E-state index in [1.54, 1.807) is 24.3 Å². The fraction of sp³-hybridized carbons (Fsp3) is 0. The number of aromatic carboxylic acids is 1. The zero-order valence-corrected chi connectivity index (χ0v) is 15.7. The van der Waals surface area contributed by atoms with Gasteiger partial charge >= 0.3 is 5.97 Å². The van der Waals surface area contributed by atoms with Crippen LogP contribution in [0, 0.1) is 5.82 Å². The van der Waals surface area contributed by atoms with Crippen molar-refractivity contribution in [1.29, 1.82) is 0 Å². The molecule has 0 saturated heterocycles. The first-order valence-corrected chi connectivity index (χ1v) is 10.3. The molecule has 142 valence electrons. The minimum Gasteiger partial charge on any atom is -0.478 e. The summed E-state index contributed by atoms with van der Waals surface area (Å²) in [5.41, 5.74) is 1.14. The fourth-order valence-corrected chi connectivity index (χ4v) is 4.41. The lowest BCUT2D eigenvalue weighted by Gasteiger charge is -2.09. The number of carboxylic acid groups (broad SMARTS) is 1. The van der Waals surface area contributed by atoms with Crippen molar-refractivity contribution in [3.05, 3.63) is 71.6 Å². The second-order valence-electron chi connectivity index (χ2n) is 5.85. The molecule has 0 spiro atoms. The number of anilines is 1. The third kappa shape index (κ3) is 3.35. The van der Waals surface area contributed by atoms with Crippen molar-refractivity contribution in [3.63, 3.8) is 0 Å². The van der Waals surface area contributed by atoms with E-state index in [2.05, 4.69) is 9.71 Å². The van der Waals surface area contributed by atoms with Gasteiger partial charge < -0.3 is 5.11 Å². The Hall–Kier alpha value is -3.24.